The summed E-state index contributed by atoms with van der Waals surface area (Å²) in [5.74, 6) is -1.45. The summed E-state index contributed by atoms with van der Waals surface area (Å²) in [6.45, 7) is -0.108. The van der Waals surface area contributed by atoms with Crippen molar-refractivity contribution in [2.75, 3.05) is 13.6 Å². The highest BCUT2D eigenvalue weighted by Gasteiger charge is 2.26. The molecule has 0 atom stereocenters. The molecule has 2 amide bonds. The summed E-state index contributed by atoms with van der Waals surface area (Å²) >= 11 is 0. The molecular formula is C13H16N2O4. The number of aromatic hydroxyl groups is 2. The second kappa shape index (κ2) is 5.17. The Bertz CT molecular complexity index is 491. The van der Waals surface area contributed by atoms with E-state index in [0.29, 0.717) is 0 Å². The van der Waals surface area contributed by atoms with Crippen LogP contribution in [-0.2, 0) is 4.79 Å². The molecule has 2 rings (SSSR count). The lowest BCUT2D eigenvalue weighted by Gasteiger charge is -2.18. The predicted molar refractivity (Wildman–Crippen MR) is 67.9 cm³/mol. The zero-order valence-electron chi connectivity index (χ0n) is 10.6. The number of carbonyl (C=O) groups excluding carboxylic acids is 2. The van der Waals surface area contributed by atoms with E-state index < -0.39 is 5.91 Å². The third-order valence-electron chi connectivity index (χ3n) is 2.90. The van der Waals surface area contributed by atoms with Gasteiger partial charge in [-0.25, -0.2) is 0 Å². The molecule has 0 heterocycles. The summed E-state index contributed by atoms with van der Waals surface area (Å²) in [4.78, 5) is 24.8. The van der Waals surface area contributed by atoms with Crippen LogP contribution in [0.5, 0.6) is 11.5 Å². The molecule has 1 aliphatic carbocycles. The number of hydrogen-bond donors (Lipinski definition) is 3. The van der Waals surface area contributed by atoms with Gasteiger partial charge in [0.25, 0.3) is 5.91 Å². The molecule has 6 nitrogen and oxygen atoms in total. The molecule has 0 bridgehead atoms. The van der Waals surface area contributed by atoms with Crippen molar-refractivity contribution in [3.05, 3.63) is 23.8 Å². The van der Waals surface area contributed by atoms with Gasteiger partial charge in [0, 0.05) is 13.1 Å². The molecule has 102 valence electrons. The summed E-state index contributed by atoms with van der Waals surface area (Å²) in [5.41, 5.74) is -0.191. The SMILES string of the molecule is CN(CC(=O)NC1CC1)C(=O)c1c(O)cccc1O. The minimum atomic E-state index is -0.596. The van der Waals surface area contributed by atoms with Crippen LogP contribution in [0, 0.1) is 0 Å². The monoisotopic (exact) mass is 264 g/mol. The first-order valence-electron chi connectivity index (χ1n) is 6.05. The first kappa shape index (κ1) is 13.2. The third kappa shape index (κ3) is 3.15. The van der Waals surface area contributed by atoms with Crippen LogP contribution >= 0.6 is 0 Å². The average Bonchev–Trinajstić information content (AvgIpc) is 3.12. The Morgan fingerprint density at radius 2 is 1.89 bits per heavy atom. The van der Waals surface area contributed by atoms with Crippen LogP contribution in [0.4, 0.5) is 0 Å². The van der Waals surface area contributed by atoms with Gasteiger partial charge in [-0.2, -0.15) is 0 Å². The largest absolute Gasteiger partial charge is 0.507 e. The van der Waals surface area contributed by atoms with Crippen LogP contribution in [0.3, 0.4) is 0 Å². The number of phenols is 2. The van der Waals surface area contributed by atoms with E-state index in [-0.39, 0.29) is 35.6 Å². The Morgan fingerprint density at radius 3 is 2.42 bits per heavy atom. The highest BCUT2D eigenvalue weighted by Crippen LogP contribution is 2.27. The highest BCUT2D eigenvalue weighted by molar-refractivity contribution is 6.00. The molecule has 1 saturated carbocycles. The molecular weight excluding hydrogens is 248 g/mol. The van der Waals surface area contributed by atoms with Crippen LogP contribution in [0.2, 0.25) is 0 Å². The van der Waals surface area contributed by atoms with Crippen molar-refractivity contribution in [1.29, 1.82) is 0 Å². The van der Waals surface area contributed by atoms with E-state index in [2.05, 4.69) is 5.32 Å². The second-order valence-electron chi connectivity index (χ2n) is 4.67. The average molecular weight is 264 g/mol. The third-order valence-corrected chi connectivity index (χ3v) is 2.90. The molecule has 0 spiro atoms. The van der Waals surface area contributed by atoms with Crippen LogP contribution < -0.4 is 5.32 Å². The van der Waals surface area contributed by atoms with E-state index in [1.807, 2.05) is 0 Å². The quantitative estimate of drug-likeness (QED) is 0.736. The molecule has 0 radical (unpaired) electrons. The Balaban J connectivity index is 2.03. The maximum absolute atomic E-state index is 12.0. The normalized spacial score (nSPS) is 13.9. The number of rotatable bonds is 4. The minimum Gasteiger partial charge on any atom is -0.507 e. The van der Waals surface area contributed by atoms with Gasteiger partial charge in [0.2, 0.25) is 5.91 Å². The van der Waals surface area contributed by atoms with Crippen molar-refractivity contribution >= 4 is 11.8 Å². The Hall–Kier alpha value is -2.24. The van der Waals surface area contributed by atoms with Gasteiger partial charge in [0.1, 0.15) is 17.1 Å². The van der Waals surface area contributed by atoms with Gasteiger partial charge < -0.3 is 20.4 Å². The van der Waals surface area contributed by atoms with Crippen LogP contribution in [-0.4, -0.2) is 46.6 Å². The molecule has 0 unspecified atom stereocenters. The molecule has 3 N–H and O–H groups in total. The van der Waals surface area contributed by atoms with Crippen LogP contribution in [0.25, 0.3) is 0 Å². The van der Waals surface area contributed by atoms with Crippen LogP contribution in [0.15, 0.2) is 18.2 Å². The molecule has 1 aliphatic rings. The van der Waals surface area contributed by atoms with E-state index >= 15 is 0 Å². The molecule has 0 aromatic heterocycles. The fraction of sp³-hybridized carbons (Fsp3) is 0.385. The lowest BCUT2D eigenvalue weighted by Crippen LogP contribution is -2.39. The van der Waals surface area contributed by atoms with E-state index in [1.165, 1.54) is 25.2 Å². The fourth-order valence-corrected chi connectivity index (χ4v) is 1.73. The summed E-state index contributed by atoms with van der Waals surface area (Å²) in [6, 6.07) is 4.28. The van der Waals surface area contributed by atoms with Gasteiger partial charge in [0.05, 0.1) is 6.54 Å². The second-order valence-corrected chi connectivity index (χ2v) is 4.67. The number of likely N-dealkylation sites (N-methyl/N-ethyl adjacent to an activating group) is 1. The maximum atomic E-state index is 12.0. The van der Waals surface area contributed by atoms with Gasteiger partial charge in [-0.05, 0) is 25.0 Å². The van der Waals surface area contributed by atoms with Crippen molar-refractivity contribution in [2.24, 2.45) is 0 Å². The number of carbonyl (C=O) groups is 2. The lowest BCUT2D eigenvalue weighted by atomic mass is 10.1. The number of amides is 2. The molecule has 1 fully saturated rings. The Labute approximate surface area is 110 Å². The standard InChI is InChI=1S/C13H16N2O4/c1-15(7-11(18)14-8-5-6-8)13(19)12-9(16)3-2-4-10(12)17/h2-4,8,16-17H,5-7H2,1H3,(H,14,18). The van der Waals surface area contributed by atoms with Crippen molar-refractivity contribution in [1.82, 2.24) is 10.2 Å². The topological polar surface area (TPSA) is 89.9 Å². The zero-order valence-corrected chi connectivity index (χ0v) is 10.6. The molecule has 19 heavy (non-hydrogen) atoms. The van der Waals surface area contributed by atoms with Gasteiger partial charge >= 0.3 is 0 Å². The molecule has 0 saturated heterocycles. The van der Waals surface area contributed by atoms with Crippen LogP contribution in [0.1, 0.15) is 23.2 Å². The van der Waals surface area contributed by atoms with Crippen molar-refractivity contribution in [3.8, 4) is 11.5 Å². The first-order chi connectivity index (χ1) is 8.99. The van der Waals surface area contributed by atoms with E-state index in [1.54, 1.807) is 0 Å². The predicted octanol–water partition coefficient (Wildman–Crippen LogP) is 0.448. The summed E-state index contributed by atoms with van der Waals surface area (Å²) in [7, 11) is 1.45. The minimum absolute atomic E-state index is 0.108. The molecule has 1 aromatic rings. The maximum Gasteiger partial charge on any atom is 0.261 e. The number of nitrogens with zero attached hydrogens (tertiary/aromatic N) is 1. The number of benzene rings is 1. The molecule has 0 aliphatic heterocycles. The van der Waals surface area contributed by atoms with Gasteiger partial charge in [0.15, 0.2) is 0 Å². The van der Waals surface area contributed by atoms with Crippen molar-refractivity contribution in [3.63, 3.8) is 0 Å². The molecule has 6 heteroatoms. The summed E-state index contributed by atoms with van der Waals surface area (Å²) < 4.78 is 0. The van der Waals surface area contributed by atoms with Crippen molar-refractivity contribution < 1.29 is 19.8 Å². The number of phenolic OH excluding ortho intramolecular Hbond substituents is 2. The zero-order chi connectivity index (χ0) is 14.0. The first-order valence-corrected chi connectivity index (χ1v) is 6.05. The Morgan fingerprint density at radius 1 is 1.32 bits per heavy atom. The highest BCUT2D eigenvalue weighted by atomic mass is 16.3. The van der Waals surface area contributed by atoms with Gasteiger partial charge in [-0.1, -0.05) is 6.07 Å². The number of nitrogens with one attached hydrogen (secondary N) is 1. The van der Waals surface area contributed by atoms with E-state index in [9.17, 15) is 19.8 Å². The summed E-state index contributed by atoms with van der Waals surface area (Å²) in [6.07, 6.45) is 1.95. The molecule has 1 aromatic carbocycles. The van der Waals surface area contributed by atoms with Gasteiger partial charge in [-0.3, -0.25) is 9.59 Å². The van der Waals surface area contributed by atoms with Crippen molar-refractivity contribution in [2.45, 2.75) is 18.9 Å². The lowest BCUT2D eigenvalue weighted by molar-refractivity contribution is -0.121. The van der Waals surface area contributed by atoms with Gasteiger partial charge in [-0.15, -0.1) is 0 Å². The fourth-order valence-electron chi connectivity index (χ4n) is 1.73. The summed E-state index contributed by atoms with van der Waals surface area (Å²) in [5, 5.41) is 21.9. The van der Waals surface area contributed by atoms with E-state index in [0.717, 1.165) is 17.7 Å². The van der Waals surface area contributed by atoms with E-state index in [4.69, 9.17) is 0 Å². The smallest absolute Gasteiger partial charge is 0.261 e. The number of hydrogen-bond acceptors (Lipinski definition) is 4. The Kier molecular flexibility index (Phi) is 3.59.